The summed E-state index contributed by atoms with van der Waals surface area (Å²) in [6, 6.07) is 10.2. The molecule has 0 atom stereocenters. The molecule has 10 heteroatoms. The quantitative estimate of drug-likeness (QED) is 0.371. The largest absolute Gasteiger partial charge is 0.444 e. The number of carbonyl (C=O) groups is 1. The molecule has 1 N–H and O–H groups in total. The van der Waals surface area contributed by atoms with Crippen LogP contribution in [0.3, 0.4) is 0 Å². The number of pyridine rings is 1. The van der Waals surface area contributed by atoms with Crippen LogP contribution >= 0.6 is 15.9 Å². The Hall–Kier alpha value is -3.37. The fourth-order valence-corrected chi connectivity index (χ4v) is 4.54. The Morgan fingerprint density at radius 1 is 1.05 bits per heavy atom. The molecule has 1 aliphatic rings. The number of fused-ring (bicyclic) bond motifs is 1. The van der Waals surface area contributed by atoms with Gasteiger partial charge in [0.25, 0.3) is 0 Å². The summed E-state index contributed by atoms with van der Waals surface area (Å²) in [5, 5.41) is 0. The number of benzene rings is 1. The summed E-state index contributed by atoms with van der Waals surface area (Å²) in [7, 11) is 0. The third-order valence-corrected chi connectivity index (χ3v) is 6.52. The van der Waals surface area contributed by atoms with Crippen LogP contribution in [-0.2, 0) is 17.7 Å². The number of halogens is 1. The van der Waals surface area contributed by atoms with Crippen LogP contribution in [0.15, 0.2) is 53.5 Å². The highest BCUT2D eigenvalue weighted by Gasteiger charge is 2.25. The van der Waals surface area contributed by atoms with Gasteiger partial charge in [-0.25, -0.2) is 14.8 Å². The van der Waals surface area contributed by atoms with Gasteiger partial charge in [-0.1, -0.05) is 6.07 Å². The maximum atomic E-state index is 12.3. The summed E-state index contributed by atoms with van der Waals surface area (Å²) in [6.45, 7) is 9.45. The molecule has 0 radical (unpaired) electrons. The number of hydrogen-bond donors (Lipinski definition) is 1. The summed E-state index contributed by atoms with van der Waals surface area (Å²) in [5.74, 6) is 0.865. The molecule has 1 amide bonds. The van der Waals surface area contributed by atoms with E-state index < -0.39 is 5.60 Å². The van der Waals surface area contributed by atoms with Crippen LogP contribution in [0, 0.1) is 0 Å². The van der Waals surface area contributed by atoms with E-state index in [1.54, 1.807) is 17.3 Å². The van der Waals surface area contributed by atoms with Gasteiger partial charge in [0.2, 0.25) is 0 Å². The van der Waals surface area contributed by atoms with Crippen molar-refractivity contribution >= 4 is 33.1 Å². The minimum Gasteiger partial charge on any atom is -0.444 e. The lowest BCUT2D eigenvalue weighted by Gasteiger charge is -2.35. The molecule has 192 valence electrons. The third kappa shape index (κ3) is 6.50. The minimum atomic E-state index is -0.474. The average Bonchev–Trinajstić information content (AvgIpc) is 3.25. The molecule has 37 heavy (non-hydrogen) atoms. The maximum absolute atomic E-state index is 12.3. The molecule has 3 aromatic heterocycles. The lowest BCUT2D eigenvalue weighted by Crippen LogP contribution is -2.49. The summed E-state index contributed by atoms with van der Waals surface area (Å²) >= 11 is 3.32. The zero-order valence-corrected chi connectivity index (χ0v) is 22.8. The zero-order valence-electron chi connectivity index (χ0n) is 21.2. The molecule has 4 heterocycles. The van der Waals surface area contributed by atoms with Crippen molar-refractivity contribution in [3.8, 4) is 11.3 Å². The molecule has 5 rings (SSSR count). The number of aromatic nitrogens is 5. The number of carbonyl (C=O) groups excluding carboxylic acids is 1. The van der Waals surface area contributed by atoms with Crippen LogP contribution in [0.2, 0.25) is 0 Å². The number of nitrogens with zero attached hydrogens (tertiary/aromatic N) is 6. The predicted octanol–water partition coefficient (Wildman–Crippen LogP) is 4.82. The Balaban J connectivity index is 1.21. The van der Waals surface area contributed by atoms with Crippen molar-refractivity contribution in [3.05, 3.63) is 70.6 Å². The SMILES string of the molecule is CC(C)(C)OC(=O)N1CCN(Cc2ccnc(Cc3nc4ccc(-c5cnc(Br)cn5)cc4[nH]3)c2)CC1. The second-order valence-electron chi connectivity index (χ2n) is 10.2. The van der Waals surface area contributed by atoms with Crippen LogP contribution in [0.25, 0.3) is 22.3 Å². The van der Waals surface area contributed by atoms with E-state index in [2.05, 4.69) is 46.8 Å². The van der Waals surface area contributed by atoms with Crippen molar-refractivity contribution in [1.82, 2.24) is 34.7 Å². The molecular weight excluding hydrogens is 534 g/mol. The number of H-pyrrole nitrogens is 1. The Morgan fingerprint density at radius 2 is 1.86 bits per heavy atom. The molecule has 1 aromatic carbocycles. The molecule has 1 fully saturated rings. The molecule has 1 saturated heterocycles. The van der Waals surface area contributed by atoms with Crippen molar-refractivity contribution in [3.63, 3.8) is 0 Å². The van der Waals surface area contributed by atoms with Gasteiger partial charge < -0.3 is 14.6 Å². The normalized spacial score (nSPS) is 14.8. The van der Waals surface area contributed by atoms with Gasteiger partial charge in [0.1, 0.15) is 16.0 Å². The van der Waals surface area contributed by atoms with Gasteiger partial charge in [-0.15, -0.1) is 0 Å². The van der Waals surface area contributed by atoms with Crippen LogP contribution in [0.1, 0.15) is 37.9 Å². The average molecular weight is 564 g/mol. The van der Waals surface area contributed by atoms with E-state index in [9.17, 15) is 4.79 Å². The molecule has 0 bridgehead atoms. The highest BCUT2D eigenvalue weighted by molar-refractivity contribution is 9.10. The Labute approximate surface area is 224 Å². The van der Waals surface area contributed by atoms with Gasteiger partial charge in [-0.2, -0.15) is 0 Å². The Bertz CT molecular complexity index is 1390. The highest BCUT2D eigenvalue weighted by Crippen LogP contribution is 2.23. The first kappa shape index (κ1) is 25.3. The monoisotopic (exact) mass is 563 g/mol. The molecule has 0 unspecified atom stereocenters. The maximum Gasteiger partial charge on any atom is 0.410 e. The Kier molecular flexibility index (Phi) is 7.21. The number of amides is 1. The van der Waals surface area contributed by atoms with Crippen molar-refractivity contribution in [2.24, 2.45) is 0 Å². The van der Waals surface area contributed by atoms with Crippen molar-refractivity contribution < 1.29 is 9.53 Å². The molecule has 0 aliphatic carbocycles. The zero-order chi connectivity index (χ0) is 26.0. The first-order valence-corrected chi connectivity index (χ1v) is 13.1. The number of aromatic amines is 1. The second kappa shape index (κ2) is 10.5. The number of ether oxygens (including phenoxy) is 1. The van der Waals surface area contributed by atoms with Crippen molar-refractivity contribution in [2.45, 2.75) is 39.3 Å². The lowest BCUT2D eigenvalue weighted by atomic mass is 10.1. The van der Waals surface area contributed by atoms with E-state index in [0.717, 1.165) is 53.4 Å². The van der Waals surface area contributed by atoms with Crippen LogP contribution < -0.4 is 0 Å². The number of hydrogen-bond acceptors (Lipinski definition) is 7. The van der Waals surface area contributed by atoms with Crippen molar-refractivity contribution in [1.29, 1.82) is 0 Å². The smallest absolute Gasteiger partial charge is 0.410 e. The van der Waals surface area contributed by atoms with E-state index in [4.69, 9.17) is 9.72 Å². The summed E-state index contributed by atoms with van der Waals surface area (Å²) in [6.07, 6.45) is 5.67. The summed E-state index contributed by atoms with van der Waals surface area (Å²) in [5.41, 5.74) is 5.33. The number of rotatable bonds is 5. The van der Waals surface area contributed by atoms with Gasteiger partial charge >= 0.3 is 6.09 Å². The lowest BCUT2D eigenvalue weighted by molar-refractivity contribution is 0.0139. The number of nitrogens with one attached hydrogen (secondary N) is 1. The van der Waals surface area contributed by atoms with Crippen molar-refractivity contribution in [2.75, 3.05) is 26.2 Å². The topological polar surface area (TPSA) is 100 Å². The van der Waals surface area contributed by atoms with E-state index in [1.165, 1.54) is 5.56 Å². The van der Waals surface area contributed by atoms with Gasteiger partial charge in [-0.05, 0) is 66.5 Å². The fourth-order valence-electron chi connectivity index (χ4n) is 4.33. The molecule has 4 aromatic rings. The standard InChI is InChI=1S/C27H30BrN7O2/c1-27(2,3)37-26(36)35-10-8-34(9-11-35)17-18-6-7-29-20(12-18)14-25-32-21-5-4-19(13-22(21)33-25)23-15-31-24(28)16-30-23/h4-7,12-13,15-16H,8-11,14,17H2,1-3H3,(H,32,33). The molecule has 0 spiro atoms. The van der Waals surface area contributed by atoms with Gasteiger partial charge in [0.05, 0.1) is 29.1 Å². The number of imidazole rings is 1. The van der Waals surface area contributed by atoms with E-state index in [0.29, 0.717) is 24.1 Å². The predicted molar refractivity (Wildman–Crippen MR) is 145 cm³/mol. The van der Waals surface area contributed by atoms with Gasteiger partial charge in [0, 0.05) is 56.6 Å². The molecule has 0 saturated carbocycles. The van der Waals surface area contributed by atoms with Crippen LogP contribution in [0.5, 0.6) is 0 Å². The van der Waals surface area contributed by atoms with Gasteiger partial charge in [-0.3, -0.25) is 14.9 Å². The summed E-state index contributed by atoms with van der Waals surface area (Å²) in [4.78, 5) is 37.9. The molecular formula is C27H30BrN7O2. The number of piperazine rings is 1. The van der Waals surface area contributed by atoms with Gasteiger partial charge in [0.15, 0.2) is 0 Å². The first-order valence-electron chi connectivity index (χ1n) is 12.3. The summed E-state index contributed by atoms with van der Waals surface area (Å²) < 4.78 is 6.21. The van der Waals surface area contributed by atoms with E-state index >= 15 is 0 Å². The van der Waals surface area contributed by atoms with Crippen LogP contribution in [-0.4, -0.2) is 72.6 Å². The molecule has 9 nitrogen and oxygen atoms in total. The van der Waals surface area contributed by atoms with Crippen LogP contribution in [0.4, 0.5) is 4.79 Å². The third-order valence-electron chi connectivity index (χ3n) is 6.11. The highest BCUT2D eigenvalue weighted by atomic mass is 79.9. The minimum absolute atomic E-state index is 0.235. The second-order valence-corrected chi connectivity index (χ2v) is 11.0. The molecule has 1 aliphatic heterocycles. The van der Waals surface area contributed by atoms with E-state index in [-0.39, 0.29) is 6.09 Å². The Morgan fingerprint density at radius 3 is 2.59 bits per heavy atom. The first-order chi connectivity index (χ1) is 17.7. The van der Waals surface area contributed by atoms with E-state index in [1.807, 2.05) is 51.2 Å². The fraction of sp³-hybridized carbons (Fsp3) is 0.370.